The summed E-state index contributed by atoms with van der Waals surface area (Å²) >= 11 is 0. The molecule has 5 nitrogen and oxygen atoms in total. The van der Waals surface area contributed by atoms with Gasteiger partial charge in [-0.15, -0.1) is 0 Å². The van der Waals surface area contributed by atoms with E-state index in [4.69, 9.17) is 0 Å². The van der Waals surface area contributed by atoms with E-state index in [-0.39, 0.29) is 0 Å². The molecule has 2 fully saturated rings. The molecule has 1 saturated carbocycles. The second-order valence-corrected chi connectivity index (χ2v) is 7.01. The summed E-state index contributed by atoms with van der Waals surface area (Å²) in [7, 11) is 0. The summed E-state index contributed by atoms with van der Waals surface area (Å²) in [6, 6.07) is 4.91. The molecular weight excluding hydrogens is 286 g/mol. The lowest BCUT2D eigenvalue weighted by molar-refractivity contribution is 0.132. The van der Waals surface area contributed by atoms with Crippen molar-refractivity contribution in [2.45, 2.75) is 38.6 Å². The molecule has 0 spiro atoms. The summed E-state index contributed by atoms with van der Waals surface area (Å²) in [5.41, 5.74) is 1.61. The van der Waals surface area contributed by atoms with Crippen molar-refractivity contribution in [1.29, 1.82) is 0 Å². The fourth-order valence-electron chi connectivity index (χ4n) is 3.94. The van der Waals surface area contributed by atoms with Crippen LogP contribution in [0.15, 0.2) is 24.5 Å². The molecule has 2 aliphatic rings. The van der Waals surface area contributed by atoms with Gasteiger partial charge in [0.1, 0.15) is 11.3 Å². The van der Waals surface area contributed by atoms with Crippen molar-refractivity contribution in [3.63, 3.8) is 0 Å². The van der Waals surface area contributed by atoms with Gasteiger partial charge in [0.25, 0.3) is 0 Å². The quantitative estimate of drug-likeness (QED) is 0.853. The van der Waals surface area contributed by atoms with Gasteiger partial charge >= 0.3 is 0 Å². The molecule has 0 amide bonds. The Labute approximate surface area is 137 Å². The highest BCUT2D eigenvalue weighted by Gasteiger charge is 2.27. The molecule has 0 N–H and O–H groups in total. The molecular formula is C18H25N5. The van der Waals surface area contributed by atoms with E-state index in [0.717, 1.165) is 55.1 Å². The third-order valence-electron chi connectivity index (χ3n) is 5.46. The maximum Gasteiger partial charge on any atom is 0.180 e. The van der Waals surface area contributed by atoms with Crippen molar-refractivity contribution in [2.75, 3.05) is 31.1 Å². The maximum absolute atomic E-state index is 4.68. The third kappa shape index (κ3) is 3.15. The molecule has 0 unspecified atom stereocenters. The Bertz CT molecular complexity index is 657. The smallest absolute Gasteiger partial charge is 0.180 e. The van der Waals surface area contributed by atoms with E-state index in [9.17, 15) is 0 Å². The van der Waals surface area contributed by atoms with E-state index in [1.165, 1.54) is 25.7 Å². The van der Waals surface area contributed by atoms with Gasteiger partial charge in [-0.1, -0.05) is 6.92 Å². The first-order valence-corrected chi connectivity index (χ1v) is 8.86. The Morgan fingerprint density at radius 3 is 2.43 bits per heavy atom. The van der Waals surface area contributed by atoms with Crippen LogP contribution in [0.3, 0.4) is 0 Å². The fraction of sp³-hybridized carbons (Fsp3) is 0.611. The van der Waals surface area contributed by atoms with E-state index in [0.29, 0.717) is 0 Å². The van der Waals surface area contributed by atoms with E-state index < -0.39 is 0 Å². The second-order valence-electron chi connectivity index (χ2n) is 7.01. The number of nitrogens with zero attached hydrogens (tertiary/aromatic N) is 5. The molecule has 122 valence electrons. The minimum atomic E-state index is 0.744. The lowest BCUT2D eigenvalue weighted by atomic mass is 9.86. The van der Waals surface area contributed by atoms with Gasteiger partial charge in [0.05, 0.1) is 0 Å². The minimum absolute atomic E-state index is 0.744. The molecule has 4 rings (SSSR count). The van der Waals surface area contributed by atoms with E-state index in [1.54, 1.807) is 12.4 Å². The zero-order valence-electron chi connectivity index (χ0n) is 13.9. The molecule has 1 aliphatic carbocycles. The molecule has 1 aliphatic heterocycles. The summed E-state index contributed by atoms with van der Waals surface area (Å²) in [6.45, 7) is 6.82. The van der Waals surface area contributed by atoms with Crippen LogP contribution < -0.4 is 4.90 Å². The molecule has 0 bridgehead atoms. The average molecular weight is 311 g/mol. The summed E-state index contributed by atoms with van der Waals surface area (Å²) in [5.74, 6) is 1.96. The lowest BCUT2D eigenvalue weighted by Gasteiger charge is -2.42. The molecule has 1 saturated heterocycles. The highest BCUT2D eigenvalue weighted by molar-refractivity contribution is 5.71. The van der Waals surface area contributed by atoms with Crippen molar-refractivity contribution in [2.24, 2.45) is 5.92 Å². The predicted octanol–water partition coefficient (Wildman–Crippen LogP) is 2.73. The van der Waals surface area contributed by atoms with Gasteiger partial charge in [0.2, 0.25) is 0 Å². The van der Waals surface area contributed by atoms with Crippen LogP contribution in [-0.4, -0.2) is 52.1 Å². The number of pyridine rings is 1. The molecule has 0 aromatic carbocycles. The number of hydrogen-bond acceptors (Lipinski definition) is 5. The van der Waals surface area contributed by atoms with Crippen LogP contribution in [0.4, 0.5) is 5.82 Å². The number of rotatable bonds is 2. The highest BCUT2D eigenvalue weighted by atomic mass is 15.3. The summed E-state index contributed by atoms with van der Waals surface area (Å²) < 4.78 is 0. The Kier molecular flexibility index (Phi) is 4.12. The predicted molar refractivity (Wildman–Crippen MR) is 92.5 cm³/mol. The molecule has 5 heteroatoms. The summed E-state index contributed by atoms with van der Waals surface area (Å²) in [4.78, 5) is 18.4. The lowest BCUT2D eigenvalue weighted by Crippen LogP contribution is -2.51. The number of hydrogen-bond donors (Lipinski definition) is 0. The number of piperazine rings is 1. The topological polar surface area (TPSA) is 45.2 Å². The van der Waals surface area contributed by atoms with Gasteiger partial charge in [-0.3, -0.25) is 9.88 Å². The SMILES string of the molecule is CC1CCC(N2CCN(c3ccc4nccnc4n3)CC2)CC1. The first kappa shape index (κ1) is 14.8. The molecule has 2 aromatic rings. The normalized spacial score (nSPS) is 26.6. The van der Waals surface area contributed by atoms with E-state index in [2.05, 4.69) is 37.7 Å². The number of aromatic nitrogens is 3. The molecule has 0 atom stereocenters. The number of anilines is 1. The minimum Gasteiger partial charge on any atom is -0.354 e. The first-order chi connectivity index (χ1) is 11.3. The molecule has 0 radical (unpaired) electrons. The van der Waals surface area contributed by atoms with Crippen molar-refractivity contribution in [3.05, 3.63) is 24.5 Å². The Hall–Kier alpha value is -1.75. The van der Waals surface area contributed by atoms with Crippen LogP contribution >= 0.6 is 0 Å². The Balaban J connectivity index is 1.40. The monoisotopic (exact) mass is 311 g/mol. The van der Waals surface area contributed by atoms with Gasteiger partial charge in [-0.25, -0.2) is 9.97 Å². The average Bonchev–Trinajstić information content (AvgIpc) is 2.62. The van der Waals surface area contributed by atoms with Gasteiger partial charge in [0, 0.05) is 44.6 Å². The van der Waals surface area contributed by atoms with Gasteiger partial charge < -0.3 is 4.90 Å². The Morgan fingerprint density at radius 2 is 1.65 bits per heavy atom. The van der Waals surface area contributed by atoms with Crippen LogP contribution in [0.2, 0.25) is 0 Å². The molecule has 23 heavy (non-hydrogen) atoms. The van der Waals surface area contributed by atoms with Crippen molar-refractivity contribution in [3.8, 4) is 0 Å². The Morgan fingerprint density at radius 1 is 0.913 bits per heavy atom. The van der Waals surface area contributed by atoms with Crippen molar-refractivity contribution < 1.29 is 0 Å². The van der Waals surface area contributed by atoms with Crippen LogP contribution in [-0.2, 0) is 0 Å². The second kappa shape index (κ2) is 6.40. The van der Waals surface area contributed by atoms with Gasteiger partial charge in [-0.2, -0.15) is 0 Å². The van der Waals surface area contributed by atoms with E-state index >= 15 is 0 Å². The molecule has 3 heterocycles. The number of fused-ring (bicyclic) bond motifs is 1. The molecule has 2 aromatic heterocycles. The first-order valence-electron chi connectivity index (χ1n) is 8.86. The standard InChI is InChI=1S/C18H25N5/c1-14-2-4-15(5-3-14)22-10-12-23(13-11-22)17-7-6-16-18(21-17)20-9-8-19-16/h6-9,14-15H,2-5,10-13H2,1H3. The van der Waals surface area contributed by atoms with Crippen LogP contribution in [0.25, 0.3) is 11.2 Å². The maximum atomic E-state index is 4.68. The van der Waals surface area contributed by atoms with E-state index in [1.807, 2.05) is 6.07 Å². The third-order valence-corrected chi connectivity index (χ3v) is 5.46. The summed E-state index contributed by atoms with van der Waals surface area (Å²) in [6.07, 6.45) is 8.98. The van der Waals surface area contributed by atoms with Gasteiger partial charge in [-0.05, 0) is 43.7 Å². The van der Waals surface area contributed by atoms with Crippen LogP contribution in [0.5, 0.6) is 0 Å². The highest BCUT2D eigenvalue weighted by Crippen LogP contribution is 2.28. The zero-order valence-corrected chi connectivity index (χ0v) is 13.9. The zero-order chi connectivity index (χ0) is 15.6. The largest absolute Gasteiger partial charge is 0.354 e. The van der Waals surface area contributed by atoms with Crippen LogP contribution in [0.1, 0.15) is 32.6 Å². The van der Waals surface area contributed by atoms with Crippen molar-refractivity contribution in [1.82, 2.24) is 19.9 Å². The van der Waals surface area contributed by atoms with Gasteiger partial charge in [0.15, 0.2) is 5.65 Å². The fourth-order valence-corrected chi connectivity index (χ4v) is 3.94. The van der Waals surface area contributed by atoms with Crippen molar-refractivity contribution >= 4 is 17.0 Å². The van der Waals surface area contributed by atoms with Crippen LogP contribution in [0, 0.1) is 5.92 Å². The summed E-state index contributed by atoms with van der Waals surface area (Å²) in [5, 5.41) is 0.